The average Bonchev–Trinajstić information content (AvgIpc) is 2.34. The summed E-state index contributed by atoms with van der Waals surface area (Å²) < 4.78 is 3.40. The molecule has 0 aliphatic rings. The largest absolute Gasteiger partial charge is 0.478 e. The molecule has 0 aromatic rings. The zero-order valence-corrected chi connectivity index (χ0v) is 15.4. The highest BCUT2D eigenvalue weighted by Crippen LogP contribution is 2.40. The molecule has 0 aliphatic carbocycles. The van der Waals surface area contributed by atoms with Crippen molar-refractivity contribution in [3.8, 4) is 0 Å². The number of carboxylic acid groups (broad SMARTS) is 1. The van der Waals surface area contributed by atoms with Crippen LogP contribution in [-0.4, -0.2) is 26.4 Å². The van der Waals surface area contributed by atoms with Gasteiger partial charge in [-0.25, -0.2) is 4.79 Å². The fourth-order valence-electron chi connectivity index (χ4n) is 1.62. The van der Waals surface area contributed by atoms with Gasteiger partial charge in [0.2, 0.25) is 3.79 Å². The van der Waals surface area contributed by atoms with Crippen LogP contribution < -0.4 is 0 Å². The number of carboxylic acids is 1. The van der Waals surface area contributed by atoms with E-state index in [-0.39, 0.29) is 12.8 Å². The number of carbonyl (C=O) groups is 2. The molecule has 0 unspecified atom stereocenters. The lowest BCUT2D eigenvalue weighted by molar-refractivity contribution is -0.156. The Bertz CT molecular complexity index is 412. The summed E-state index contributed by atoms with van der Waals surface area (Å²) >= 11 is 17.2. The molecule has 0 fully saturated rings. The molecule has 0 bridgehead atoms. The van der Waals surface area contributed by atoms with Crippen LogP contribution in [0.25, 0.3) is 0 Å². The van der Waals surface area contributed by atoms with Crippen LogP contribution in [0.4, 0.5) is 0 Å². The maximum atomic E-state index is 11.7. The van der Waals surface area contributed by atoms with E-state index >= 15 is 0 Å². The Kier molecular flexibility index (Phi) is 9.44. The standard InChI is InChI=1S/C15H23Cl3O4/c1-4-5-6-8-11(13(20)21)9-7-10-12(19)22-14(2,3)15(16,17)18/h9H,4-8,10H2,1-3H3,(H,20,21). The summed E-state index contributed by atoms with van der Waals surface area (Å²) in [5.41, 5.74) is -0.934. The molecule has 0 aromatic carbocycles. The summed E-state index contributed by atoms with van der Waals surface area (Å²) in [5.74, 6) is -1.49. The third-order valence-corrected chi connectivity index (χ3v) is 4.48. The number of halogens is 3. The lowest BCUT2D eigenvalue weighted by Crippen LogP contribution is -2.41. The molecule has 0 rings (SSSR count). The molecule has 0 heterocycles. The molecule has 0 spiro atoms. The number of aliphatic carboxylic acids is 1. The van der Waals surface area contributed by atoms with Gasteiger partial charge in [0, 0.05) is 12.0 Å². The van der Waals surface area contributed by atoms with E-state index < -0.39 is 21.3 Å². The van der Waals surface area contributed by atoms with Crippen LogP contribution >= 0.6 is 34.8 Å². The first-order chi connectivity index (χ1) is 10.0. The quantitative estimate of drug-likeness (QED) is 0.266. The fraction of sp³-hybridized carbons (Fsp3) is 0.733. The fourth-order valence-corrected chi connectivity index (χ4v) is 1.74. The molecule has 0 saturated heterocycles. The molecule has 0 saturated carbocycles. The zero-order chi connectivity index (χ0) is 17.4. The van der Waals surface area contributed by atoms with Crippen molar-refractivity contribution in [3.05, 3.63) is 11.6 Å². The SMILES string of the molecule is CCCCCC(=CCCC(=O)OC(C)(C)C(Cl)(Cl)Cl)C(=O)O. The minimum atomic E-state index is -1.73. The summed E-state index contributed by atoms with van der Waals surface area (Å²) in [5, 5.41) is 9.09. The second-order valence-corrected chi connectivity index (χ2v) is 7.79. The van der Waals surface area contributed by atoms with Crippen molar-refractivity contribution in [2.24, 2.45) is 0 Å². The van der Waals surface area contributed by atoms with Gasteiger partial charge in [-0.05, 0) is 33.1 Å². The monoisotopic (exact) mass is 372 g/mol. The highest BCUT2D eigenvalue weighted by Gasteiger charge is 2.43. The maximum Gasteiger partial charge on any atom is 0.331 e. The third-order valence-electron chi connectivity index (χ3n) is 3.12. The second kappa shape index (κ2) is 9.64. The van der Waals surface area contributed by atoms with Crippen molar-refractivity contribution in [3.63, 3.8) is 0 Å². The number of unbranched alkanes of at least 4 members (excludes halogenated alkanes) is 2. The molecule has 0 radical (unpaired) electrons. The van der Waals surface area contributed by atoms with Gasteiger partial charge in [0.15, 0.2) is 5.60 Å². The van der Waals surface area contributed by atoms with Crippen LogP contribution in [0.5, 0.6) is 0 Å². The number of allylic oxidation sites excluding steroid dienone is 1. The molecule has 0 aromatic heterocycles. The molecule has 1 N–H and O–H groups in total. The summed E-state index contributed by atoms with van der Waals surface area (Å²) in [6.07, 6.45) is 5.19. The van der Waals surface area contributed by atoms with E-state index in [1.807, 2.05) is 6.92 Å². The van der Waals surface area contributed by atoms with Crippen molar-refractivity contribution in [1.82, 2.24) is 0 Å². The highest BCUT2D eigenvalue weighted by atomic mass is 35.6. The van der Waals surface area contributed by atoms with E-state index in [2.05, 4.69) is 0 Å². The van der Waals surface area contributed by atoms with Crippen LogP contribution in [-0.2, 0) is 14.3 Å². The molecule has 22 heavy (non-hydrogen) atoms. The van der Waals surface area contributed by atoms with Gasteiger partial charge < -0.3 is 9.84 Å². The topological polar surface area (TPSA) is 63.6 Å². The Morgan fingerprint density at radius 2 is 1.73 bits per heavy atom. The Morgan fingerprint density at radius 1 is 1.14 bits per heavy atom. The zero-order valence-electron chi connectivity index (χ0n) is 13.1. The van der Waals surface area contributed by atoms with Crippen LogP contribution in [0.2, 0.25) is 0 Å². The molecule has 0 aliphatic heterocycles. The van der Waals surface area contributed by atoms with Gasteiger partial charge in [0.25, 0.3) is 0 Å². The van der Waals surface area contributed by atoms with Gasteiger partial charge >= 0.3 is 11.9 Å². The minimum Gasteiger partial charge on any atom is -0.478 e. The maximum absolute atomic E-state index is 11.7. The summed E-state index contributed by atoms with van der Waals surface area (Å²) in [6.45, 7) is 5.05. The van der Waals surface area contributed by atoms with Gasteiger partial charge in [-0.1, -0.05) is 60.6 Å². The number of esters is 1. The van der Waals surface area contributed by atoms with E-state index in [4.69, 9.17) is 44.6 Å². The number of carbonyl (C=O) groups excluding carboxylic acids is 1. The number of hydrogen-bond acceptors (Lipinski definition) is 3. The van der Waals surface area contributed by atoms with Crippen LogP contribution in [0, 0.1) is 0 Å². The molecule has 0 amide bonds. The van der Waals surface area contributed by atoms with Crippen LogP contribution in [0.3, 0.4) is 0 Å². The van der Waals surface area contributed by atoms with Crippen molar-refractivity contribution in [2.45, 2.75) is 68.7 Å². The predicted molar refractivity (Wildman–Crippen MR) is 89.6 cm³/mol. The number of alkyl halides is 3. The molecular weight excluding hydrogens is 351 g/mol. The Morgan fingerprint density at radius 3 is 2.18 bits per heavy atom. The predicted octanol–water partition coefficient (Wildman–Crippen LogP) is 5.05. The molecule has 4 nitrogen and oxygen atoms in total. The van der Waals surface area contributed by atoms with Gasteiger partial charge in [-0.15, -0.1) is 0 Å². The first-order valence-electron chi connectivity index (χ1n) is 7.22. The summed E-state index contributed by atoms with van der Waals surface area (Å²) in [6, 6.07) is 0. The van der Waals surface area contributed by atoms with Crippen molar-refractivity contribution in [2.75, 3.05) is 0 Å². The van der Waals surface area contributed by atoms with Gasteiger partial charge in [-0.3, -0.25) is 4.79 Å². The van der Waals surface area contributed by atoms with E-state index in [1.54, 1.807) is 6.08 Å². The molecule has 0 atom stereocenters. The first-order valence-corrected chi connectivity index (χ1v) is 8.35. The number of hydrogen-bond donors (Lipinski definition) is 1. The van der Waals surface area contributed by atoms with E-state index in [0.717, 1.165) is 19.3 Å². The Hall–Kier alpha value is -0.450. The second-order valence-electron chi connectivity index (χ2n) is 5.51. The minimum absolute atomic E-state index is 0.0364. The first kappa shape index (κ1) is 21.6. The summed E-state index contributed by atoms with van der Waals surface area (Å²) in [7, 11) is 0. The van der Waals surface area contributed by atoms with E-state index in [9.17, 15) is 9.59 Å². The van der Waals surface area contributed by atoms with E-state index in [0.29, 0.717) is 12.0 Å². The van der Waals surface area contributed by atoms with Crippen molar-refractivity contribution >= 4 is 46.7 Å². The van der Waals surface area contributed by atoms with Crippen LogP contribution in [0.15, 0.2) is 11.6 Å². The van der Waals surface area contributed by atoms with Gasteiger partial charge in [-0.2, -0.15) is 0 Å². The number of rotatable bonds is 9. The number of ether oxygens (including phenoxy) is 1. The molecule has 128 valence electrons. The summed E-state index contributed by atoms with van der Waals surface area (Å²) in [4.78, 5) is 22.8. The lowest BCUT2D eigenvalue weighted by Gasteiger charge is -2.31. The normalized spacial score (nSPS) is 13.1. The Labute approximate surface area is 146 Å². The molecular formula is C15H23Cl3O4. The van der Waals surface area contributed by atoms with Crippen molar-refractivity contribution in [1.29, 1.82) is 0 Å². The third kappa shape index (κ3) is 8.25. The van der Waals surface area contributed by atoms with E-state index in [1.165, 1.54) is 13.8 Å². The Balaban J connectivity index is 4.43. The lowest BCUT2D eigenvalue weighted by atomic mass is 10.1. The van der Waals surface area contributed by atoms with Gasteiger partial charge in [0.1, 0.15) is 0 Å². The molecule has 7 heteroatoms. The van der Waals surface area contributed by atoms with Gasteiger partial charge in [0.05, 0.1) is 0 Å². The average molecular weight is 374 g/mol. The van der Waals surface area contributed by atoms with Crippen molar-refractivity contribution < 1.29 is 19.4 Å². The highest BCUT2D eigenvalue weighted by molar-refractivity contribution is 6.68. The van der Waals surface area contributed by atoms with Crippen LogP contribution in [0.1, 0.15) is 59.3 Å². The smallest absolute Gasteiger partial charge is 0.331 e.